The lowest BCUT2D eigenvalue weighted by atomic mass is 10.3. The minimum atomic E-state index is 0.705. The van der Waals surface area contributed by atoms with Crippen molar-refractivity contribution in [1.82, 2.24) is 15.2 Å². The van der Waals surface area contributed by atoms with Crippen LogP contribution in [0.2, 0.25) is 0 Å². The summed E-state index contributed by atoms with van der Waals surface area (Å²) in [6, 6.07) is 3.88. The topological polar surface area (TPSA) is 53.7 Å². The van der Waals surface area contributed by atoms with Crippen LogP contribution < -0.4 is 5.32 Å². The third-order valence-corrected chi connectivity index (χ3v) is 3.78. The van der Waals surface area contributed by atoms with E-state index in [4.69, 9.17) is 4.42 Å². The number of furan rings is 1. The number of aryl methyl sites for hydroxylation is 1. The summed E-state index contributed by atoms with van der Waals surface area (Å²) in [5, 5.41) is 6.50. The molecule has 0 aliphatic heterocycles. The number of guanidine groups is 1. The molecule has 0 radical (unpaired) electrons. The molecule has 0 saturated carbocycles. The van der Waals surface area contributed by atoms with Gasteiger partial charge in [-0.05, 0) is 26.0 Å². The van der Waals surface area contributed by atoms with Crippen molar-refractivity contribution in [1.29, 1.82) is 0 Å². The molecule has 1 N–H and O–H groups in total. The van der Waals surface area contributed by atoms with Gasteiger partial charge in [0.15, 0.2) is 5.96 Å². The highest BCUT2D eigenvalue weighted by Crippen LogP contribution is 2.10. The summed E-state index contributed by atoms with van der Waals surface area (Å²) in [6.07, 6.45) is 2.51. The number of hydrogen-bond donors (Lipinski definition) is 1. The molecule has 0 aliphatic rings. The first-order chi connectivity index (χ1) is 10.2. The largest absolute Gasteiger partial charge is 0.469 e. The normalized spacial score (nSPS) is 11.7. The zero-order valence-electron chi connectivity index (χ0n) is 12.8. The molecule has 0 bridgehead atoms. The van der Waals surface area contributed by atoms with Crippen molar-refractivity contribution >= 4 is 17.3 Å². The van der Waals surface area contributed by atoms with Crippen LogP contribution in [0.25, 0.3) is 0 Å². The molecule has 6 heteroatoms. The SMILES string of the molecule is CCNC(=NCCc1ccco1)N(C)Cc1csc(C)n1. The molecule has 2 aromatic rings. The molecule has 5 nitrogen and oxygen atoms in total. The Kier molecular flexibility index (Phi) is 5.80. The summed E-state index contributed by atoms with van der Waals surface area (Å²) in [5.41, 5.74) is 1.08. The van der Waals surface area contributed by atoms with Gasteiger partial charge in [-0.3, -0.25) is 4.99 Å². The Morgan fingerprint density at radius 1 is 1.52 bits per heavy atom. The maximum absolute atomic E-state index is 5.32. The van der Waals surface area contributed by atoms with Gasteiger partial charge in [0, 0.05) is 31.9 Å². The zero-order chi connectivity index (χ0) is 15.1. The smallest absolute Gasteiger partial charge is 0.194 e. The monoisotopic (exact) mass is 306 g/mol. The standard InChI is InChI=1S/C15H22N4OS/c1-4-16-15(17-8-7-14-6-5-9-20-14)19(3)10-13-11-21-12(2)18-13/h5-6,9,11H,4,7-8,10H2,1-3H3,(H,16,17). The van der Waals surface area contributed by atoms with Crippen molar-refractivity contribution < 1.29 is 4.42 Å². The maximum atomic E-state index is 5.32. The average molecular weight is 306 g/mol. The molecule has 2 aromatic heterocycles. The van der Waals surface area contributed by atoms with Gasteiger partial charge in [0.25, 0.3) is 0 Å². The van der Waals surface area contributed by atoms with Crippen LogP contribution in [0.4, 0.5) is 0 Å². The van der Waals surface area contributed by atoms with Gasteiger partial charge in [0.1, 0.15) is 5.76 Å². The summed E-state index contributed by atoms with van der Waals surface area (Å²) in [4.78, 5) is 11.2. The van der Waals surface area contributed by atoms with E-state index in [1.54, 1.807) is 17.6 Å². The van der Waals surface area contributed by atoms with Gasteiger partial charge < -0.3 is 14.6 Å². The maximum Gasteiger partial charge on any atom is 0.194 e. The van der Waals surface area contributed by atoms with Gasteiger partial charge in [-0.25, -0.2) is 4.98 Å². The van der Waals surface area contributed by atoms with Crippen LogP contribution in [0.1, 0.15) is 23.4 Å². The Morgan fingerprint density at radius 3 is 3.00 bits per heavy atom. The Labute approximate surface area is 129 Å². The van der Waals surface area contributed by atoms with Crippen molar-refractivity contribution in [3.63, 3.8) is 0 Å². The van der Waals surface area contributed by atoms with Crippen LogP contribution in [0.5, 0.6) is 0 Å². The Hall–Kier alpha value is -1.82. The van der Waals surface area contributed by atoms with Crippen molar-refractivity contribution in [2.75, 3.05) is 20.1 Å². The summed E-state index contributed by atoms with van der Waals surface area (Å²) in [7, 11) is 2.03. The van der Waals surface area contributed by atoms with E-state index in [9.17, 15) is 0 Å². The van der Waals surface area contributed by atoms with E-state index in [2.05, 4.69) is 32.5 Å². The van der Waals surface area contributed by atoms with Crippen LogP contribution in [0, 0.1) is 6.92 Å². The van der Waals surface area contributed by atoms with E-state index in [1.807, 2.05) is 26.1 Å². The van der Waals surface area contributed by atoms with E-state index in [-0.39, 0.29) is 0 Å². The molecule has 2 heterocycles. The second kappa shape index (κ2) is 7.83. The molecule has 0 amide bonds. The average Bonchev–Trinajstić information content (AvgIpc) is 3.10. The highest BCUT2D eigenvalue weighted by atomic mass is 32.1. The van der Waals surface area contributed by atoms with E-state index >= 15 is 0 Å². The number of aliphatic imine (C=N–C) groups is 1. The molecule has 0 aliphatic carbocycles. The van der Waals surface area contributed by atoms with Gasteiger partial charge in [-0.15, -0.1) is 11.3 Å². The fourth-order valence-corrected chi connectivity index (χ4v) is 2.60. The molecule has 2 rings (SSSR count). The van der Waals surface area contributed by atoms with Crippen LogP contribution in [-0.4, -0.2) is 36.0 Å². The molecule has 0 aromatic carbocycles. The molecule has 114 valence electrons. The molecule has 0 atom stereocenters. The molecule has 21 heavy (non-hydrogen) atoms. The number of nitrogens with one attached hydrogen (secondary N) is 1. The third kappa shape index (κ3) is 4.90. The van der Waals surface area contributed by atoms with Crippen molar-refractivity contribution in [2.24, 2.45) is 4.99 Å². The lowest BCUT2D eigenvalue weighted by Crippen LogP contribution is -2.38. The van der Waals surface area contributed by atoms with Gasteiger partial charge in [-0.1, -0.05) is 0 Å². The number of nitrogens with zero attached hydrogens (tertiary/aromatic N) is 3. The molecule has 0 fully saturated rings. The van der Waals surface area contributed by atoms with Crippen molar-refractivity contribution in [3.8, 4) is 0 Å². The van der Waals surface area contributed by atoms with Crippen LogP contribution >= 0.6 is 11.3 Å². The number of hydrogen-bond acceptors (Lipinski definition) is 4. The highest BCUT2D eigenvalue weighted by Gasteiger charge is 2.08. The number of thiazole rings is 1. The van der Waals surface area contributed by atoms with Crippen LogP contribution in [-0.2, 0) is 13.0 Å². The lowest BCUT2D eigenvalue weighted by Gasteiger charge is -2.21. The molecular weight excluding hydrogens is 284 g/mol. The van der Waals surface area contributed by atoms with Gasteiger partial charge in [-0.2, -0.15) is 0 Å². The van der Waals surface area contributed by atoms with Crippen molar-refractivity contribution in [3.05, 3.63) is 40.2 Å². The van der Waals surface area contributed by atoms with E-state index in [1.165, 1.54) is 0 Å². The van der Waals surface area contributed by atoms with Crippen LogP contribution in [0.3, 0.4) is 0 Å². The predicted octanol–water partition coefficient (Wildman–Crippen LogP) is 2.68. The minimum absolute atomic E-state index is 0.705. The quantitative estimate of drug-likeness (QED) is 0.658. The van der Waals surface area contributed by atoms with Gasteiger partial charge in [0.05, 0.1) is 23.5 Å². The minimum Gasteiger partial charge on any atom is -0.469 e. The third-order valence-electron chi connectivity index (χ3n) is 2.96. The first-order valence-corrected chi connectivity index (χ1v) is 8.00. The molecule has 0 unspecified atom stereocenters. The fraction of sp³-hybridized carbons (Fsp3) is 0.467. The summed E-state index contributed by atoms with van der Waals surface area (Å²) >= 11 is 1.68. The highest BCUT2D eigenvalue weighted by molar-refractivity contribution is 7.09. The fourth-order valence-electron chi connectivity index (χ4n) is 2.00. The van der Waals surface area contributed by atoms with E-state index < -0.39 is 0 Å². The Balaban J connectivity index is 1.92. The second-order valence-corrected chi connectivity index (χ2v) is 5.84. The number of rotatable bonds is 6. The predicted molar refractivity (Wildman–Crippen MR) is 86.7 cm³/mol. The summed E-state index contributed by atoms with van der Waals surface area (Å²) < 4.78 is 5.32. The van der Waals surface area contributed by atoms with E-state index in [0.29, 0.717) is 6.54 Å². The molecular formula is C15H22N4OS. The van der Waals surface area contributed by atoms with Crippen LogP contribution in [0.15, 0.2) is 33.2 Å². The molecule has 0 spiro atoms. The van der Waals surface area contributed by atoms with Crippen molar-refractivity contribution in [2.45, 2.75) is 26.8 Å². The zero-order valence-corrected chi connectivity index (χ0v) is 13.6. The Morgan fingerprint density at radius 2 is 2.38 bits per heavy atom. The van der Waals surface area contributed by atoms with Gasteiger partial charge >= 0.3 is 0 Å². The summed E-state index contributed by atoms with van der Waals surface area (Å²) in [6.45, 7) is 6.41. The first kappa shape index (κ1) is 15.6. The first-order valence-electron chi connectivity index (χ1n) is 7.12. The lowest BCUT2D eigenvalue weighted by molar-refractivity contribution is 0.469. The summed E-state index contributed by atoms with van der Waals surface area (Å²) in [5.74, 6) is 1.86. The number of aromatic nitrogens is 1. The molecule has 0 saturated heterocycles. The Bertz CT molecular complexity index is 562. The van der Waals surface area contributed by atoms with Gasteiger partial charge in [0.2, 0.25) is 0 Å². The second-order valence-electron chi connectivity index (χ2n) is 4.78. The van der Waals surface area contributed by atoms with E-state index in [0.717, 1.165) is 41.9 Å².